The number of nitrogens with one attached hydrogen (secondary N) is 2. The molecule has 4 rings (SSSR count). The van der Waals surface area contributed by atoms with E-state index in [1.165, 1.54) is 32.2 Å². The van der Waals surface area contributed by atoms with E-state index in [1.54, 1.807) is 0 Å². The van der Waals surface area contributed by atoms with Gasteiger partial charge in [0, 0.05) is 24.6 Å². The number of aromatic nitrogens is 1. The zero-order valence-corrected chi connectivity index (χ0v) is 22.5. The molecule has 6 nitrogen and oxygen atoms in total. The number of rotatable bonds is 9. The number of nitrogens with zero attached hydrogens (tertiary/aromatic N) is 1. The van der Waals surface area contributed by atoms with E-state index in [9.17, 15) is 44.7 Å². The van der Waals surface area contributed by atoms with E-state index in [-0.39, 0.29) is 39.1 Å². The fourth-order valence-electron chi connectivity index (χ4n) is 4.45. The molecule has 0 radical (unpaired) electrons. The van der Waals surface area contributed by atoms with Crippen LogP contribution in [0.3, 0.4) is 0 Å². The van der Waals surface area contributed by atoms with E-state index in [2.05, 4.69) is 15.6 Å². The Hall–Kier alpha value is -4.49. The lowest BCUT2D eigenvalue weighted by Crippen LogP contribution is -2.25. The smallest absolute Gasteiger partial charge is 0.405 e. The van der Waals surface area contributed by atoms with Crippen LogP contribution in [0.15, 0.2) is 52.9 Å². The molecule has 0 aliphatic rings. The van der Waals surface area contributed by atoms with Gasteiger partial charge in [-0.25, -0.2) is 8.78 Å². The van der Waals surface area contributed by atoms with Crippen LogP contribution in [0.1, 0.15) is 40.5 Å². The molecule has 0 aliphatic heterocycles. The van der Waals surface area contributed by atoms with Crippen molar-refractivity contribution in [1.29, 1.82) is 0 Å². The summed E-state index contributed by atoms with van der Waals surface area (Å²) >= 11 is 0. The van der Waals surface area contributed by atoms with E-state index >= 15 is 0 Å². The molecule has 0 bridgehead atoms. The number of alkyl halides is 6. The van der Waals surface area contributed by atoms with E-state index in [4.69, 9.17) is 4.42 Å². The number of fused-ring (bicyclic) bond motifs is 1. The summed E-state index contributed by atoms with van der Waals surface area (Å²) in [5.74, 6) is -6.09. The summed E-state index contributed by atoms with van der Waals surface area (Å²) in [5.41, 5.74) is -1.04. The number of halogens is 8. The Bertz CT molecular complexity index is 1660. The number of carbonyl (C=O) groups excluding carboxylic acids is 2. The minimum atomic E-state index is -4.71. The number of hydrogen-bond acceptors (Lipinski definition) is 5. The predicted molar refractivity (Wildman–Crippen MR) is 142 cm³/mol. The van der Waals surface area contributed by atoms with Crippen LogP contribution in [0.2, 0.25) is 0 Å². The molecule has 2 N–H and O–H groups in total. The third-order valence-electron chi connectivity index (χ3n) is 6.66. The number of carbonyl (C=O) groups is 2. The third-order valence-corrected chi connectivity index (χ3v) is 6.66. The molecule has 1 amide bonds. The second kappa shape index (κ2) is 12.0. The van der Waals surface area contributed by atoms with E-state index < -0.39 is 72.4 Å². The van der Waals surface area contributed by atoms with Crippen LogP contribution in [0.4, 0.5) is 40.9 Å². The molecule has 4 aromatic rings. The summed E-state index contributed by atoms with van der Waals surface area (Å²) in [5, 5.41) is 4.54. The highest BCUT2D eigenvalue weighted by Gasteiger charge is 2.40. The molecule has 43 heavy (non-hydrogen) atoms. The van der Waals surface area contributed by atoms with Crippen molar-refractivity contribution < 1.29 is 49.1 Å². The Morgan fingerprint density at radius 2 is 1.60 bits per heavy atom. The number of amides is 1. The first-order valence-electron chi connectivity index (χ1n) is 12.8. The molecule has 0 aliphatic carbocycles. The Morgan fingerprint density at radius 3 is 2.19 bits per heavy atom. The number of benzene rings is 2. The largest absolute Gasteiger partial charge is 0.437 e. The van der Waals surface area contributed by atoms with Gasteiger partial charge in [-0.2, -0.15) is 31.3 Å². The Balaban J connectivity index is 1.92. The zero-order valence-electron chi connectivity index (χ0n) is 22.5. The summed E-state index contributed by atoms with van der Waals surface area (Å²) in [6.07, 6.45) is -10.9. The van der Waals surface area contributed by atoms with Crippen LogP contribution in [0.25, 0.3) is 33.6 Å². The quantitative estimate of drug-likeness (QED) is 0.148. The number of ketones is 1. The summed E-state index contributed by atoms with van der Waals surface area (Å²) in [7, 11) is 1.31. The highest BCUT2D eigenvalue weighted by molar-refractivity contribution is 6.11. The monoisotopic (exact) mass is 613 g/mol. The zero-order chi connectivity index (χ0) is 31.7. The molecule has 0 fully saturated rings. The Morgan fingerprint density at radius 1 is 0.953 bits per heavy atom. The van der Waals surface area contributed by atoms with Crippen LogP contribution in [-0.4, -0.2) is 42.6 Å². The van der Waals surface area contributed by atoms with Crippen molar-refractivity contribution in [1.82, 2.24) is 10.3 Å². The topological polar surface area (TPSA) is 84.2 Å². The van der Waals surface area contributed by atoms with Crippen molar-refractivity contribution in [3.05, 3.63) is 71.3 Å². The number of hydrogen-bond donors (Lipinski definition) is 2. The molecule has 2 heterocycles. The van der Waals surface area contributed by atoms with Crippen molar-refractivity contribution in [3.8, 4) is 22.5 Å². The lowest BCUT2D eigenvalue weighted by atomic mass is 9.93. The average molecular weight is 614 g/mol. The Labute approximate surface area is 239 Å². The summed E-state index contributed by atoms with van der Waals surface area (Å²) in [6.45, 7) is -0.337. The van der Waals surface area contributed by atoms with E-state index in [0.29, 0.717) is 0 Å². The van der Waals surface area contributed by atoms with Crippen molar-refractivity contribution in [2.45, 2.75) is 32.1 Å². The average Bonchev–Trinajstić information content (AvgIpc) is 3.31. The SMILES string of the molecule is CCC(CC(=O)c1cc(-c2cc3c(C(=O)NC)c(-c4ccc(F)cc4)oc3nc2NCC(F)(F)F)ccc1F)C(F)(F)F. The normalized spacial score (nSPS) is 12.8. The van der Waals surface area contributed by atoms with Gasteiger partial charge in [0.15, 0.2) is 5.78 Å². The maximum atomic E-state index is 14.7. The molecule has 2 aromatic heterocycles. The summed E-state index contributed by atoms with van der Waals surface area (Å²) in [6, 6.07) is 8.88. The third kappa shape index (κ3) is 6.95. The number of pyridine rings is 1. The highest BCUT2D eigenvalue weighted by Crippen LogP contribution is 2.39. The second-order valence-corrected chi connectivity index (χ2v) is 9.57. The molecule has 2 aromatic carbocycles. The predicted octanol–water partition coefficient (Wildman–Crippen LogP) is 7.94. The van der Waals surface area contributed by atoms with Crippen LogP contribution in [0.5, 0.6) is 0 Å². The highest BCUT2D eigenvalue weighted by atomic mass is 19.4. The van der Waals surface area contributed by atoms with E-state index in [0.717, 1.165) is 30.3 Å². The van der Waals surface area contributed by atoms with Crippen molar-refractivity contribution in [2.75, 3.05) is 18.9 Å². The van der Waals surface area contributed by atoms with E-state index in [1.807, 2.05) is 0 Å². The fourth-order valence-corrected chi connectivity index (χ4v) is 4.45. The van der Waals surface area contributed by atoms with Crippen LogP contribution in [0, 0.1) is 17.6 Å². The number of Topliss-reactive ketones (excluding diaryl/α,β-unsaturated/α-hetero) is 1. The molecule has 1 atom stereocenters. The lowest BCUT2D eigenvalue weighted by molar-refractivity contribution is -0.174. The van der Waals surface area contributed by atoms with Gasteiger partial charge in [-0.3, -0.25) is 9.59 Å². The fraction of sp³-hybridized carbons (Fsp3) is 0.276. The number of anilines is 1. The molecule has 1 unspecified atom stereocenters. The minimum Gasteiger partial charge on any atom is -0.437 e. The molecular formula is C29H23F8N3O3. The molecule has 0 saturated carbocycles. The van der Waals surface area contributed by atoms with Gasteiger partial charge < -0.3 is 15.1 Å². The second-order valence-electron chi connectivity index (χ2n) is 9.57. The summed E-state index contributed by atoms with van der Waals surface area (Å²) < 4.78 is 113. The van der Waals surface area contributed by atoms with Crippen LogP contribution in [-0.2, 0) is 0 Å². The first-order chi connectivity index (χ1) is 20.1. The standard InChI is InChI=1S/C29H23F8N3O3/c1-3-16(29(35,36)37)11-22(41)19-10-15(6-9-21(19)31)18-12-20-23(26(42)38-2)24(14-4-7-17(30)8-5-14)43-27(20)40-25(18)39-13-28(32,33)34/h4-10,12,16H,3,11,13H2,1-2H3,(H,38,42)(H,39,40). The van der Waals surface area contributed by atoms with Gasteiger partial charge >= 0.3 is 12.4 Å². The first kappa shape index (κ1) is 31.4. The van der Waals surface area contributed by atoms with Crippen molar-refractivity contribution in [2.24, 2.45) is 5.92 Å². The Kier molecular flexibility index (Phi) is 8.79. The molecule has 0 saturated heterocycles. The van der Waals surface area contributed by atoms with Gasteiger partial charge in [0.05, 0.1) is 22.4 Å². The molecule has 14 heteroatoms. The van der Waals surface area contributed by atoms with Gasteiger partial charge in [-0.15, -0.1) is 0 Å². The van der Waals surface area contributed by atoms with Crippen molar-refractivity contribution in [3.63, 3.8) is 0 Å². The first-order valence-corrected chi connectivity index (χ1v) is 12.8. The molecular weight excluding hydrogens is 590 g/mol. The van der Waals surface area contributed by atoms with Gasteiger partial charge in [-0.05, 0) is 54.4 Å². The van der Waals surface area contributed by atoms with Gasteiger partial charge in [0.1, 0.15) is 29.8 Å². The molecule has 0 spiro atoms. The van der Waals surface area contributed by atoms with Crippen LogP contribution >= 0.6 is 0 Å². The summed E-state index contributed by atoms with van der Waals surface area (Å²) in [4.78, 5) is 29.8. The maximum absolute atomic E-state index is 14.7. The van der Waals surface area contributed by atoms with Crippen LogP contribution < -0.4 is 10.6 Å². The minimum absolute atomic E-state index is 0.00607. The molecule has 228 valence electrons. The van der Waals surface area contributed by atoms with Gasteiger partial charge in [0.25, 0.3) is 5.91 Å². The van der Waals surface area contributed by atoms with Gasteiger partial charge in [0.2, 0.25) is 5.71 Å². The lowest BCUT2D eigenvalue weighted by Gasteiger charge is -2.18. The number of furan rings is 1. The van der Waals surface area contributed by atoms with Gasteiger partial charge in [-0.1, -0.05) is 13.0 Å². The van der Waals surface area contributed by atoms with Crippen molar-refractivity contribution >= 4 is 28.6 Å². The maximum Gasteiger partial charge on any atom is 0.405 e.